The van der Waals surface area contributed by atoms with Gasteiger partial charge in [0.05, 0.1) is 5.54 Å². The van der Waals surface area contributed by atoms with Crippen LogP contribution >= 0.6 is 0 Å². The molecule has 2 aliphatic rings. The van der Waals surface area contributed by atoms with E-state index in [2.05, 4.69) is 36.3 Å². The lowest BCUT2D eigenvalue weighted by Gasteiger charge is -2.33. The number of nitrogens with one attached hydrogen (secondary N) is 1. The van der Waals surface area contributed by atoms with Gasteiger partial charge >= 0.3 is 0 Å². The highest BCUT2D eigenvalue weighted by atomic mass is 16.6. The molecule has 0 aliphatic carbocycles. The summed E-state index contributed by atoms with van der Waals surface area (Å²) in [5, 5.41) is 3.67. The van der Waals surface area contributed by atoms with Crippen molar-refractivity contribution in [1.82, 2.24) is 10.2 Å². The quantitative estimate of drug-likeness (QED) is 0.833. The maximum Gasteiger partial charge on any atom is 0.161 e. The Hall–Kier alpha value is -1.26. The summed E-state index contributed by atoms with van der Waals surface area (Å²) < 4.78 is 11.3. The summed E-state index contributed by atoms with van der Waals surface area (Å²) in [5.41, 5.74) is 1.24. The molecular weight excluding hydrogens is 240 g/mol. The maximum atomic E-state index is 5.69. The highest BCUT2D eigenvalue weighted by Crippen LogP contribution is 2.35. The van der Waals surface area contributed by atoms with Crippen LogP contribution in [0, 0.1) is 0 Å². The van der Waals surface area contributed by atoms with Gasteiger partial charge in [-0.25, -0.2) is 0 Å². The minimum Gasteiger partial charge on any atom is -0.486 e. The first-order valence-electron chi connectivity index (χ1n) is 7.01. The van der Waals surface area contributed by atoms with Gasteiger partial charge < -0.3 is 19.7 Å². The largest absolute Gasteiger partial charge is 0.486 e. The van der Waals surface area contributed by atoms with Crippen LogP contribution in [0.4, 0.5) is 0 Å². The average molecular weight is 262 g/mol. The molecule has 0 radical (unpaired) electrons. The van der Waals surface area contributed by atoms with Crippen LogP contribution in [0.2, 0.25) is 0 Å². The smallest absolute Gasteiger partial charge is 0.161 e. The molecule has 2 heterocycles. The molecule has 0 aromatic heterocycles. The normalized spacial score (nSPS) is 27.9. The molecule has 1 atom stereocenters. The Bertz CT molecular complexity index is 463. The van der Waals surface area contributed by atoms with Gasteiger partial charge in [0.2, 0.25) is 0 Å². The molecule has 0 amide bonds. The first-order chi connectivity index (χ1) is 9.17. The van der Waals surface area contributed by atoms with E-state index in [1.54, 1.807) is 0 Å². The Balaban J connectivity index is 1.91. The van der Waals surface area contributed by atoms with Crippen LogP contribution in [0.3, 0.4) is 0 Å². The van der Waals surface area contributed by atoms with Gasteiger partial charge in [-0.2, -0.15) is 0 Å². The van der Waals surface area contributed by atoms with Gasteiger partial charge in [-0.3, -0.25) is 0 Å². The third-order valence-corrected chi connectivity index (χ3v) is 4.00. The fourth-order valence-electron chi connectivity index (χ4n) is 2.97. The number of likely N-dealkylation sites (N-methyl/N-ethyl adjacent to an activating group) is 1. The molecule has 0 bridgehead atoms. The van der Waals surface area contributed by atoms with Crippen LogP contribution in [0.15, 0.2) is 18.2 Å². The van der Waals surface area contributed by atoms with Crippen molar-refractivity contribution in [2.45, 2.75) is 18.9 Å². The first-order valence-corrected chi connectivity index (χ1v) is 7.01. The number of fused-ring (bicyclic) bond motifs is 1. The van der Waals surface area contributed by atoms with Gasteiger partial charge in [-0.05, 0) is 51.2 Å². The average Bonchev–Trinajstić information content (AvgIpc) is 2.60. The first kappa shape index (κ1) is 12.8. The van der Waals surface area contributed by atoms with Crippen molar-refractivity contribution in [3.8, 4) is 11.5 Å². The van der Waals surface area contributed by atoms with E-state index >= 15 is 0 Å². The number of nitrogens with zero attached hydrogens (tertiary/aromatic N) is 1. The molecule has 1 fully saturated rings. The Labute approximate surface area is 114 Å². The third kappa shape index (κ3) is 2.55. The lowest BCUT2D eigenvalue weighted by molar-refractivity contribution is 0.170. The van der Waals surface area contributed by atoms with Crippen LogP contribution in [0.5, 0.6) is 11.5 Å². The van der Waals surface area contributed by atoms with Gasteiger partial charge in [0, 0.05) is 6.54 Å². The highest BCUT2D eigenvalue weighted by molar-refractivity contribution is 5.45. The van der Waals surface area contributed by atoms with Crippen LogP contribution in [0.1, 0.15) is 18.9 Å². The zero-order valence-corrected chi connectivity index (χ0v) is 11.7. The number of rotatable bonds is 1. The molecular formula is C15H22N2O2. The molecule has 4 heteroatoms. The SMILES string of the molecule is CN1CCCNC(C)(c2ccc3c(c2)OCCO3)C1. The number of hydrogen-bond acceptors (Lipinski definition) is 4. The van der Waals surface area contributed by atoms with Gasteiger partial charge in [0.15, 0.2) is 11.5 Å². The van der Waals surface area contributed by atoms with E-state index < -0.39 is 0 Å². The molecule has 1 N–H and O–H groups in total. The zero-order valence-electron chi connectivity index (χ0n) is 11.7. The summed E-state index contributed by atoms with van der Waals surface area (Å²) >= 11 is 0. The lowest BCUT2D eigenvalue weighted by Crippen LogP contribution is -2.45. The second-order valence-corrected chi connectivity index (χ2v) is 5.71. The van der Waals surface area contributed by atoms with Gasteiger partial charge in [-0.15, -0.1) is 0 Å². The van der Waals surface area contributed by atoms with E-state index in [1.165, 1.54) is 12.0 Å². The summed E-state index contributed by atoms with van der Waals surface area (Å²) in [5.74, 6) is 1.74. The van der Waals surface area contributed by atoms with Crippen molar-refractivity contribution in [3.05, 3.63) is 23.8 Å². The highest BCUT2D eigenvalue weighted by Gasteiger charge is 2.30. The van der Waals surface area contributed by atoms with E-state index in [9.17, 15) is 0 Å². The van der Waals surface area contributed by atoms with Crippen molar-refractivity contribution in [3.63, 3.8) is 0 Å². The topological polar surface area (TPSA) is 33.7 Å². The minimum atomic E-state index is -0.0267. The number of benzene rings is 1. The Morgan fingerprint density at radius 3 is 2.84 bits per heavy atom. The van der Waals surface area contributed by atoms with E-state index in [-0.39, 0.29) is 5.54 Å². The maximum absolute atomic E-state index is 5.69. The monoisotopic (exact) mass is 262 g/mol. The molecule has 1 saturated heterocycles. The van der Waals surface area contributed by atoms with Crippen molar-refractivity contribution in [2.75, 3.05) is 39.9 Å². The summed E-state index contributed by atoms with van der Waals surface area (Å²) in [6, 6.07) is 6.31. The minimum absolute atomic E-state index is 0.0267. The van der Waals surface area contributed by atoms with Gasteiger partial charge in [0.1, 0.15) is 13.2 Å². The number of hydrogen-bond donors (Lipinski definition) is 1. The van der Waals surface area contributed by atoms with E-state index in [4.69, 9.17) is 9.47 Å². The van der Waals surface area contributed by atoms with E-state index in [0.717, 1.165) is 31.1 Å². The Morgan fingerprint density at radius 1 is 1.21 bits per heavy atom. The standard InChI is InChI=1S/C15H22N2O2/c1-15(11-17(2)7-3-6-16-15)12-4-5-13-14(10-12)19-9-8-18-13/h4-5,10,16H,3,6-9,11H2,1-2H3. The second kappa shape index (κ2) is 5.02. The van der Waals surface area contributed by atoms with Crippen LogP contribution < -0.4 is 14.8 Å². The summed E-state index contributed by atoms with van der Waals surface area (Å²) in [4.78, 5) is 2.39. The summed E-state index contributed by atoms with van der Waals surface area (Å²) in [7, 11) is 2.18. The summed E-state index contributed by atoms with van der Waals surface area (Å²) in [6.45, 7) is 6.75. The molecule has 104 valence electrons. The molecule has 4 nitrogen and oxygen atoms in total. The molecule has 3 rings (SSSR count). The molecule has 0 spiro atoms. The lowest BCUT2D eigenvalue weighted by atomic mass is 9.91. The van der Waals surface area contributed by atoms with Crippen LogP contribution in [0.25, 0.3) is 0 Å². The predicted molar refractivity (Wildman–Crippen MR) is 74.9 cm³/mol. The van der Waals surface area contributed by atoms with Crippen LogP contribution in [-0.2, 0) is 5.54 Å². The number of ether oxygens (including phenoxy) is 2. The Kier molecular flexibility index (Phi) is 3.37. The second-order valence-electron chi connectivity index (χ2n) is 5.71. The zero-order chi connectivity index (χ0) is 13.3. The van der Waals surface area contributed by atoms with E-state index in [0.29, 0.717) is 13.2 Å². The molecule has 19 heavy (non-hydrogen) atoms. The molecule has 0 saturated carbocycles. The fourth-order valence-corrected chi connectivity index (χ4v) is 2.97. The van der Waals surface area contributed by atoms with Crippen molar-refractivity contribution in [2.24, 2.45) is 0 Å². The van der Waals surface area contributed by atoms with Gasteiger partial charge in [-0.1, -0.05) is 6.07 Å². The van der Waals surface area contributed by atoms with E-state index in [1.807, 2.05) is 6.07 Å². The van der Waals surface area contributed by atoms with Crippen molar-refractivity contribution < 1.29 is 9.47 Å². The fraction of sp³-hybridized carbons (Fsp3) is 0.600. The molecule has 2 aliphatic heterocycles. The van der Waals surface area contributed by atoms with Crippen molar-refractivity contribution in [1.29, 1.82) is 0 Å². The predicted octanol–water partition coefficient (Wildman–Crippen LogP) is 1.60. The van der Waals surface area contributed by atoms with Gasteiger partial charge in [0.25, 0.3) is 0 Å². The van der Waals surface area contributed by atoms with Crippen molar-refractivity contribution >= 4 is 0 Å². The van der Waals surface area contributed by atoms with Crippen LogP contribution in [-0.4, -0.2) is 44.8 Å². The molecule has 1 unspecified atom stereocenters. The Morgan fingerprint density at radius 2 is 2.00 bits per heavy atom. The molecule has 1 aromatic rings. The third-order valence-electron chi connectivity index (χ3n) is 4.00. The summed E-state index contributed by atoms with van der Waals surface area (Å²) in [6.07, 6.45) is 1.19. The molecule has 1 aromatic carbocycles.